The van der Waals surface area contributed by atoms with E-state index in [9.17, 15) is 17.6 Å². The number of ether oxygens (including phenoxy) is 1. The molecule has 0 amide bonds. The predicted octanol–water partition coefficient (Wildman–Crippen LogP) is 2.76. The van der Waals surface area contributed by atoms with Crippen molar-refractivity contribution in [3.05, 3.63) is 35.9 Å². The van der Waals surface area contributed by atoms with Crippen LogP contribution in [-0.4, -0.2) is 31.6 Å². The van der Waals surface area contributed by atoms with Crippen molar-refractivity contribution in [2.75, 3.05) is 13.2 Å². The van der Waals surface area contributed by atoms with E-state index in [4.69, 9.17) is 5.84 Å². The fourth-order valence-corrected chi connectivity index (χ4v) is 1.81. The molecule has 1 aromatic rings. The first-order chi connectivity index (χ1) is 9.95. The number of hydrogen-bond acceptors (Lipinski definition) is 3. The van der Waals surface area contributed by atoms with Gasteiger partial charge in [-0.25, -0.2) is 8.78 Å². The lowest BCUT2D eigenvalue weighted by molar-refractivity contribution is -0.167. The minimum absolute atomic E-state index is 0.131. The van der Waals surface area contributed by atoms with Crippen LogP contribution in [0, 0.1) is 0 Å². The Bertz CT molecular complexity index is 390. The molecule has 0 saturated heterocycles. The molecule has 0 saturated carbocycles. The van der Waals surface area contributed by atoms with Crippen molar-refractivity contribution in [2.24, 2.45) is 5.84 Å². The molecular weight excluding hydrogens is 288 g/mol. The Labute approximate surface area is 121 Å². The Morgan fingerprint density at radius 3 is 2.43 bits per heavy atom. The quantitative estimate of drug-likeness (QED) is 0.397. The van der Waals surface area contributed by atoms with Crippen molar-refractivity contribution in [1.82, 2.24) is 5.43 Å². The summed E-state index contributed by atoms with van der Waals surface area (Å²) in [6.45, 7) is -1.44. The van der Waals surface area contributed by atoms with Crippen LogP contribution in [0.25, 0.3) is 0 Å². The number of alkyl halides is 4. The number of hydrazine groups is 1. The summed E-state index contributed by atoms with van der Waals surface area (Å²) >= 11 is 0. The smallest absolute Gasteiger partial charge is 0.330 e. The van der Waals surface area contributed by atoms with Crippen LogP contribution in [0.1, 0.15) is 18.4 Å². The highest BCUT2D eigenvalue weighted by Gasteiger charge is 2.41. The molecule has 0 fully saturated rings. The van der Waals surface area contributed by atoms with E-state index < -0.39 is 19.0 Å². The summed E-state index contributed by atoms with van der Waals surface area (Å²) in [5, 5.41) is 0. The number of aryl methyl sites for hydroxylation is 1. The molecule has 0 bridgehead atoms. The van der Waals surface area contributed by atoms with Crippen molar-refractivity contribution in [3.8, 4) is 0 Å². The second kappa shape index (κ2) is 8.96. The van der Waals surface area contributed by atoms with Gasteiger partial charge in [0.1, 0.15) is 6.61 Å². The van der Waals surface area contributed by atoms with Crippen molar-refractivity contribution < 1.29 is 22.3 Å². The number of nitrogens with one attached hydrogen (secondary N) is 1. The van der Waals surface area contributed by atoms with Crippen LogP contribution in [-0.2, 0) is 11.2 Å². The third kappa shape index (κ3) is 6.88. The molecule has 3 N–H and O–H groups in total. The van der Waals surface area contributed by atoms with Crippen LogP contribution in [0.3, 0.4) is 0 Å². The second-order valence-electron chi connectivity index (χ2n) is 4.82. The molecular formula is C14H20F4N2O. The van der Waals surface area contributed by atoms with Crippen LogP contribution >= 0.6 is 0 Å². The number of halogens is 4. The molecule has 1 aromatic carbocycles. The van der Waals surface area contributed by atoms with Gasteiger partial charge in [0.05, 0.1) is 6.61 Å². The minimum Gasteiger partial charge on any atom is -0.373 e. The maximum absolute atomic E-state index is 12.6. The van der Waals surface area contributed by atoms with E-state index in [2.05, 4.69) is 10.2 Å². The van der Waals surface area contributed by atoms with Crippen LogP contribution in [0.2, 0.25) is 0 Å². The van der Waals surface area contributed by atoms with E-state index in [0.29, 0.717) is 6.42 Å². The predicted molar refractivity (Wildman–Crippen MR) is 72.3 cm³/mol. The molecule has 0 aromatic heterocycles. The first-order valence-corrected chi connectivity index (χ1v) is 6.69. The van der Waals surface area contributed by atoms with Gasteiger partial charge in [0.2, 0.25) is 0 Å². The van der Waals surface area contributed by atoms with E-state index in [1.165, 1.54) is 5.56 Å². The first-order valence-electron chi connectivity index (χ1n) is 6.69. The van der Waals surface area contributed by atoms with Gasteiger partial charge in [-0.3, -0.25) is 11.3 Å². The van der Waals surface area contributed by atoms with Gasteiger partial charge in [0, 0.05) is 6.04 Å². The summed E-state index contributed by atoms with van der Waals surface area (Å²) in [6.07, 6.45) is -1.51. The van der Waals surface area contributed by atoms with Crippen LogP contribution in [0.5, 0.6) is 0 Å². The van der Waals surface area contributed by atoms with E-state index in [0.717, 1.165) is 12.8 Å². The topological polar surface area (TPSA) is 47.3 Å². The summed E-state index contributed by atoms with van der Waals surface area (Å²) in [4.78, 5) is 0. The Morgan fingerprint density at radius 2 is 1.86 bits per heavy atom. The van der Waals surface area contributed by atoms with Crippen molar-refractivity contribution in [3.63, 3.8) is 0 Å². The standard InChI is InChI=1S/C14H20F4N2O/c15-13(16)14(17,18)10-21-9-12(20-19)8-4-7-11-5-2-1-3-6-11/h1-3,5-6,12-13,20H,4,7-10,19H2. The Hall–Kier alpha value is -1.18. The third-order valence-corrected chi connectivity index (χ3v) is 3.03. The summed E-state index contributed by atoms with van der Waals surface area (Å²) in [5.41, 5.74) is 3.61. The zero-order valence-corrected chi connectivity index (χ0v) is 11.6. The maximum atomic E-state index is 12.6. The van der Waals surface area contributed by atoms with E-state index >= 15 is 0 Å². The molecule has 0 aliphatic heterocycles. The zero-order valence-electron chi connectivity index (χ0n) is 11.6. The molecule has 0 aliphatic rings. The van der Waals surface area contributed by atoms with Gasteiger partial charge in [0.15, 0.2) is 0 Å². The van der Waals surface area contributed by atoms with Gasteiger partial charge >= 0.3 is 12.3 Å². The van der Waals surface area contributed by atoms with E-state index in [-0.39, 0.29) is 12.6 Å². The lowest BCUT2D eigenvalue weighted by Crippen LogP contribution is -2.41. The summed E-state index contributed by atoms with van der Waals surface area (Å²) in [6, 6.07) is 9.43. The summed E-state index contributed by atoms with van der Waals surface area (Å²) in [5.74, 6) is 1.17. The van der Waals surface area contributed by atoms with Crippen molar-refractivity contribution in [1.29, 1.82) is 0 Å². The van der Waals surface area contributed by atoms with Crippen molar-refractivity contribution in [2.45, 2.75) is 37.7 Å². The van der Waals surface area contributed by atoms with Gasteiger partial charge < -0.3 is 4.74 Å². The average molecular weight is 308 g/mol. The zero-order chi connectivity index (χ0) is 15.7. The Kier molecular flexibility index (Phi) is 7.63. The van der Waals surface area contributed by atoms with Crippen LogP contribution < -0.4 is 11.3 Å². The SMILES string of the molecule is NNC(CCCc1ccccc1)COCC(F)(F)C(F)F. The molecule has 0 heterocycles. The van der Waals surface area contributed by atoms with Crippen LogP contribution in [0.15, 0.2) is 30.3 Å². The van der Waals surface area contributed by atoms with Gasteiger partial charge in [-0.05, 0) is 24.8 Å². The molecule has 7 heteroatoms. The average Bonchev–Trinajstić information content (AvgIpc) is 2.46. The largest absolute Gasteiger partial charge is 0.373 e. The Morgan fingerprint density at radius 1 is 1.19 bits per heavy atom. The van der Waals surface area contributed by atoms with Gasteiger partial charge in [-0.2, -0.15) is 8.78 Å². The number of rotatable bonds is 10. The highest BCUT2D eigenvalue weighted by molar-refractivity contribution is 5.14. The summed E-state index contributed by atoms with van der Waals surface area (Å²) in [7, 11) is 0. The molecule has 120 valence electrons. The molecule has 21 heavy (non-hydrogen) atoms. The second-order valence-corrected chi connectivity index (χ2v) is 4.82. The lowest BCUT2D eigenvalue weighted by atomic mass is 10.1. The van der Waals surface area contributed by atoms with E-state index in [1.54, 1.807) is 0 Å². The third-order valence-electron chi connectivity index (χ3n) is 3.03. The number of nitrogens with two attached hydrogens (primary N) is 1. The molecule has 0 radical (unpaired) electrons. The molecule has 1 atom stereocenters. The maximum Gasteiger partial charge on any atom is 0.330 e. The summed E-state index contributed by atoms with van der Waals surface area (Å²) < 4.78 is 53.8. The highest BCUT2D eigenvalue weighted by atomic mass is 19.3. The van der Waals surface area contributed by atoms with Gasteiger partial charge in [0.25, 0.3) is 0 Å². The molecule has 1 unspecified atom stereocenters. The molecule has 1 rings (SSSR count). The minimum atomic E-state index is -4.12. The Balaban J connectivity index is 2.23. The molecule has 0 spiro atoms. The fourth-order valence-electron chi connectivity index (χ4n) is 1.81. The molecule has 0 aliphatic carbocycles. The monoisotopic (exact) mass is 308 g/mol. The molecule has 3 nitrogen and oxygen atoms in total. The number of hydrogen-bond donors (Lipinski definition) is 2. The fraction of sp³-hybridized carbons (Fsp3) is 0.571. The normalized spacial score (nSPS) is 13.6. The van der Waals surface area contributed by atoms with Crippen LogP contribution in [0.4, 0.5) is 17.6 Å². The van der Waals surface area contributed by atoms with Gasteiger partial charge in [-0.15, -0.1) is 0 Å². The van der Waals surface area contributed by atoms with Gasteiger partial charge in [-0.1, -0.05) is 30.3 Å². The highest BCUT2D eigenvalue weighted by Crippen LogP contribution is 2.22. The van der Waals surface area contributed by atoms with E-state index in [1.807, 2.05) is 30.3 Å². The van der Waals surface area contributed by atoms with Crippen molar-refractivity contribution >= 4 is 0 Å². The number of benzene rings is 1. The first kappa shape index (κ1) is 17.9. The lowest BCUT2D eigenvalue weighted by Gasteiger charge is -2.19.